The summed E-state index contributed by atoms with van der Waals surface area (Å²) in [5.74, 6) is -1.64. The molecule has 13 heteroatoms. The van der Waals surface area contributed by atoms with Crippen molar-refractivity contribution < 1.29 is 36.9 Å². The highest BCUT2D eigenvalue weighted by molar-refractivity contribution is 6.30. The van der Waals surface area contributed by atoms with E-state index >= 15 is 0 Å². The summed E-state index contributed by atoms with van der Waals surface area (Å²) < 4.78 is 69.6. The number of pyridine rings is 1. The van der Waals surface area contributed by atoms with Gasteiger partial charge in [0.25, 0.3) is 0 Å². The Labute approximate surface area is 255 Å². The molecule has 0 unspecified atom stereocenters. The molecule has 0 radical (unpaired) electrons. The molecule has 1 fully saturated rings. The summed E-state index contributed by atoms with van der Waals surface area (Å²) in [4.78, 5) is 23.0. The number of ether oxygens (including phenoxy) is 2. The third-order valence-electron chi connectivity index (χ3n) is 8.06. The maximum atomic E-state index is 14.3. The predicted molar refractivity (Wildman–Crippen MR) is 153 cm³/mol. The summed E-state index contributed by atoms with van der Waals surface area (Å²) in [6, 6.07) is 8.14. The second-order valence-electron chi connectivity index (χ2n) is 11.2. The molecule has 4 aromatic rings. The van der Waals surface area contributed by atoms with Crippen molar-refractivity contribution in [2.45, 2.75) is 64.7 Å². The number of fused-ring (bicyclic) bond motifs is 2. The maximum Gasteiger partial charge on any atom is 0.421 e. The van der Waals surface area contributed by atoms with Crippen LogP contribution in [0.1, 0.15) is 57.0 Å². The lowest BCUT2D eigenvalue weighted by Gasteiger charge is -2.29. The van der Waals surface area contributed by atoms with Gasteiger partial charge in [0.15, 0.2) is 0 Å². The fourth-order valence-corrected chi connectivity index (χ4v) is 5.97. The van der Waals surface area contributed by atoms with Gasteiger partial charge in [0.05, 0.1) is 41.5 Å². The first-order valence-electron chi connectivity index (χ1n) is 14.2. The Balaban J connectivity index is 1.29. The van der Waals surface area contributed by atoms with E-state index in [1.165, 1.54) is 12.1 Å². The van der Waals surface area contributed by atoms with Gasteiger partial charge in [-0.2, -0.15) is 13.2 Å². The van der Waals surface area contributed by atoms with E-state index in [0.717, 1.165) is 30.5 Å². The minimum absolute atomic E-state index is 0.0327. The minimum atomic E-state index is -4.72. The Bertz CT molecular complexity index is 1740. The highest BCUT2D eigenvalue weighted by atomic mass is 35.5. The predicted octanol–water partition coefficient (Wildman–Crippen LogP) is 6.57. The van der Waals surface area contributed by atoms with Crippen LogP contribution < -0.4 is 4.74 Å². The first-order valence-corrected chi connectivity index (χ1v) is 14.6. The van der Waals surface area contributed by atoms with E-state index in [0.29, 0.717) is 60.8 Å². The molecule has 0 bridgehead atoms. The highest BCUT2D eigenvalue weighted by Crippen LogP contribution is 2.38. The number of hydrogen-bond acceptors (Lipinski definition) is 6. The Kier molecular flexibility index (Phi) is 8.25. The number of halogens is 5. The number of alkyl halides is 3. The Morgan fingerprint density at radius 1 is 1.20 bits per heavy atom. The summed E-state index contributed by atoms with van der Waals surface area (Å²) in [5.41, 5.74) is 2.23. The van der Waals surface area contributed by atoms with E-state index in [4.69, 9.17) is 26.1 Å². The summed E-state index contributed by atoms with van der Waals surface area (Å²) in [6.07, 6.45) is -2.61. The zero-order valence-electron chi connectivity index (χ0n) is 23.8. The number of nitrogens with zero attached hydrogens (tertiary/aromatic N) is 4. The Hall–Kier alpha value is -3.74. The molecule has 0 spiro atoms. The smallest absolute Gasteiger partial charge is 0.421 e. The van der Waals surface area contributed by atoms with Crippen molar-refractivity contribution in [2.75, 3.05) is 13.2 Å². The number of carboxylic acid groups (broad SMARTS) is 1. The molecule has 1 saturated heterocycles. The maximum absolute atomic E-state index is 14.3. The molecule has 4 heterocycles. The molecule has 6 rings (SSSR count). The lowest BCUT2D eigenvalue weighted by molar-refractivity contribution is -0.139. The number of aromatic carboxylic acids is 1. The van der Waals surface area contributed by atoms with Gasteiger partial charge in [0, 0.05) is 30.3 Å². The Morgan fingerprint density at radius 3 is 2.73 bits per heavy atom. The minimum Gasteiger partial charge on any atom is -0.478 e. The largest absolute Gasteiger partial charge is 0.478 e. The summed E-state index contributed by atoms with van der Waals surface area (Å²) >= 11 is 5.79. The van der Waals surface area contributed by atoms with Gasteiger partial charge in [-0.25, -0.2) is 19.2 Å². The monoisotopic (exact) mass is 632 g/mol. The molecule has 2 aromatic carbocycles. The van der Waals surface area contributed by atoms with Crippen molar-refractivity contribution in [3.63, 3.8) is 0 Å². The summed E-state index contributed by atoms with van der Waals surface area (Å²) in [6.45, 7) is 3.59. The van der Waals surface area contributed by atoms with Gasteiger partial charge in [-0.15, -0.1) is 0 Å². The van der Waals surface area contributed by atoms with Crippen molar-refractivity contribution in [1.82, 2.24) is 19.4 Å². The molecule has 0 amide bonds. The molecule has 2 aliphatic heterocycles. The van der Waals surface area contributed by atoms with Gasteiger partial charge in [0.2, 0.25) is 5.88 Å². The van der Waals surface area contributed by atoms with Crippen LogP contribution in [0.25, 0.3) is 11.0 Å². The summed E-state index contributed by atoms with van der Waals surface area (Å²) in [7, 11) is 0. The zero-order valence-corrected chi connectivity index (χ0v) is 24.5. The van der Waals surface area contributed by atoms with Gasteiger partial charge >= 0.3 is 12.1 Å². The molecule has 1 atom stereocenters. The molecule has 1 N–H and O–H groups in total. The molecule has 2 aliphatic rings. The molecule has 232 valence electrons. The molecular weight excluding hydrogens is 604 g/mol. The van der Waals surface area contributed by atoms with Crippen LogP contribution in [-0.2, 0) is 43.6 Å². The van der Waals surface area contributed by atoms with E-state index < -0.39 is 36.0 Å². The number of carbonyl (C=O) groups is 1. The lowest BCUT2D eigenvalue weighted by Crippen LogP contribution is -2.33. The molecule has 2 aromatic heterocycles. The first kappa shape index (κ1) is 30.3. The van der Waals surface area contributed by atoms with Crippen molar-refractivity contribution in [3.05, 3.63) is 86.6 Å². The number of imidazole rings is 1. The van der Waals surface area contributed by atoms with Gasteiger partial charge in [0.1, 0.15) is 23.8 Å². The number of aromatic nitrogens is 3. The van der Waals surface area contributed by atoms with Crippen molar-refractivity contribution in [2.24, 2.45) is 0 Å². The van der Waals surface area contributed by atoms with E-state index in [9.17, 15) is 27.5 Å². The van der Waals surface area contributed by atoms with E-state index in [1.807, 2.05) is 16.4 Å². The lowest BCUT2D eigenvalue weighted by atomic mass is 10.0. The number of rotatable bonds is 8. The summed E-state index contributed by atoms with van der Waals surface area (Å²) in [5, 5.41) is 9.81. The van der Waals surface area contributed by atoms with Crippen molar-refractivity contribution in [3.8, 4) is 5.88 Å². The average molecular weight is 633 g/mol. The van der Waals surface area contributed by atoms with Crippen LogP contribution in [0, 0.1) is 12.7 Å². The van der Waals surface area contributed by atoms with Crippen LogP contribution >= 0.6 is 11.6 Å². The highest BCUT2D eigenvalue weighted by Gasteiger charge is 2.37. The van der Waals surface area contributed by atoms with Crippen LogP contribution in [0.2, 0.25) is 5.02 Å². The second-order valence-corrected chi connectivity index (χ2v) is 11.6. The fraction of sp³-hybridized carbons (Fsp3) is 0.387. The van der Waals surface area contributed by atoms with Crippen LogP contribution in [0.3, 0.4) is 0 Å². The number of aryl methyl sites for hydroxylation is 1. The van der Waals surface area contributed by atoms with Gasteiger partial charge in [-0.1, -0.05) is 17.7 Å². The zero-order chi connectivity index (χ0) is 31.2. The molecule has 0 saturated carbocycles. The van der Waals surface area contributed by atoms with E-state index in [1.54, 1.807) is 12.1 Å². The number of carboxylic acids is 1. The van der Waals surface area contributed by atoms with Gasteiger partial charge < -0.3 is 19.1 Å². The van der Waals surface area contributed by atoms with Gasteiger partial charge in [-0.05, 0) is 67.6 Å². The standard InChI is InChI=1S/C31H29ClF4N4O4/c1-17-9-20(30(41)42)11-26-28(17)38-27(40(26)13-22-3-2-8-43-22)15-39-7-6-18-10-23(31(34,35)36)29(37-25(18)14-39)44-16-19-4-5-21(32)12-24(19)33/h4-5,9-12,22H,2-3,6-8,13-16H2,1H3,(H,41,42)/t22-/m0/s1. The quantitative estimate of drug-likeness (QED) is 0.220. The van der Waals surface area contributed by atoms with Crippen molar-refractivity contribution in [1.29, 1.82) is 0 Å². The third-order valence-corrected chi connectivity index (χ3v) is 8.29. The van der Waals surface area contributed by atoms with Crippen LogP contribution in [0.5, 0.6) is 5.88 Å². The van der Waals surface area contributed by atoms with Gasteiger partial charge in [-0.3, -0.25) is 4.90 Å². The van der Waals surface area contributed by atoms with E-state index in [2.05, 4.69) is 4.98 Å². The number of hydrogen-bond donors (Lipinski definition) is 1. The molecular formula is C31H29ClF4N4O4. The SMILES string of the molecule is Cc1cc(C(=O)O)cc2c1nc(CN1CCc3cc(C(F)(F)F)c(OCc4ccc(Cl)cc4F)nc3C1)n2C[C@@H]1CCCO1. The fourth-order valence-electron chi connectivity index (χ4n) is 5.81. The normalized spacial score (nSPS) is 17.3. The van der Waals surface area contributed by atoms with Crippen LogP contribution in [0.15, 0.2) is 36.4 Å². The second kappa shape index (κ2) is 12.0. The van der Waals surface area contributed by atoms with E-state index in [-0.39, 0.29) is 28.8 Å². The first-order chi connectivity index (χ1) is 21.0. The molecule has 8 nitrogen and oxygen atoms in total. The average Bonchev–Trinajstić information content (AvgIpc) is 3.60. The van der Waals surface area contributed by atoms with Crippen LogP contribution in [-0.4, -0.2) is 49.8 Å². The van der Waals surface area contributed by atoms with Crippen molar-refractivity contribution >= 4 is 28.6 Å². The molecule has 44 heavy (non-hydrogen) atoms. The number of benzene rings is 2. The van der Waals surface area contributed by atoms with Crippen LogP contribution in [0.4, 0.5) is 17.6 Å². The topological polar surface area (TPSA) is 89.7 Å². The third kappa shape index (κ3) is 6.24. The Morgan fingerprint density at radius 2 is 2.02 bits per heavy atom. The molecule has 0 aliphatic carbocycles.